The molecule has 3 heteroatoms. The molecular formula is C13H21N3. The Bertz CT molecular complexity index is 345. The van der Waals surface area contributed by atoms with Crippen LogP contribution >= 0.6 is 0 Å². The molecule has 0 radical (unpaired) electrons. The lowest BCUT2D eigenvalue weighted by atomic mass is 10.2. The van der Waals surface area contributed by atoms with Crippen molar-refractivity contribution in [3.63, 3.8) is 0 Å². The van der Waals surface area contributed by atoms with Gasteiger partial charge in [0.15, 0.2) is 0 Å². The maximum atomic E-state index is 4.64. The smallest absolute Gasteiger partial charge is 0.142 e. The molecule has 0 bridgehead atoms. The van der Waals surface area contributed by atoms with Crippen molar-refractivity contribution in [2.75, 3.05) is 6.54 Å². The van der Waals surface area contributed by atoms with E-state index in [2.05, 4.69) is 35.2 Å². The second-order valence-corrected chi connectivity index (χ2v) is 4.50. The molecule has 0 aliphatic heterocycles. The number of nitrogens with zero attached hydrogens (tertiary/aromatic N) is 2. The fourth-order valence-corrected chi connectivity index (χ4v) is 1.86. The topological polar surface area (TPSA) is 37.8 Å². The zero-order valence-corrected chi connectivity index (χ0v) is 10.3. The Hall–Kier alpha value is -0.960. The molecule has 3 nitrogen and oxygen atoms in total. The molecule has 16 heavy (non-hydrogen) atoms. The Morgan fingerprint density at radius 2 is 2.12 bits per heavy atom. The fourth-order valence-electron chi connectivity index (χ4n) is 1.86. The van der Waals surface area contributed by atoms with Crippen molar-refractivity contribution in [1.82, 2.24) is 15.3 Å². The third-order valence-electron chi connectivity index (χ3n) is 2.88. The largest absolute Gasteiger partial charge is 0.310 e. The number of hydrogen-bond donors (Lipinski definition) is 1. The van der Waals surface area contributed by atoms with Gasteiger partial charge >= 0.3 is 0 Å². The maximum absolute atomic E-state index is 4.64. The van der Waals surface area contributed by atoms with E-state index in [1.807, 2.05) is 0 Å². The van der Waals surface area contributed by atoms with E-state index in [1.54, 1.807) is 0 Å². The first-order valence-electron chi connectivity index (χ1n) is 6.41. The van der Waals surface area contributed by atoms with E-state index in [0.29, 0.717) is 0 Å². The molecule has 1 aliphatic rings. The summed E-state index contributed by atoms with van der Waals surface area (Å²) in [6, 6.07) is 2.20. The summed E-state index contributed by atoms with van der Waals surface area (Å²) >= 11 is 0. The SMILES string of the molecule is CCCc1cc(C2CC2)nc(CNCC)n1. The van der Waals surface area contributed by atoms with Crippen molar-refractivity contribution in [3.05, 3.63) is 23.3 Å². The van der Waals surface area contributed by atoms with Crippen molar-refractivity contribution >= 4 is 0 Å². The first kappa shape index (κ1) is 11.5. The van der Waals surface area contributed by atoms with Crippen LogP contribution in [0.15, 0.2) is 6.07 Å². The van der Waals surface area contributed by atoms with Crippen molar-refractivity contribution in [1.29, 1.82) is 0 Å². The van der Waals surface area contributed by atoms with E-state index in [0.717, 1.165) is 37.7 Å². The Morgan fingerprint density at radius 3 is 2.75 bits per heavy atom. The minimum Gasteiger partial charge on any atom is -0.310 e. The summed E-state index contributed by atoms with van der Waals surface area (Å²) in [6.45, 7) is 6.08. The molecule has 0 amide bonds. The average Bonchev–Trinajstić information content (AvgIpc) is 3.10. The predicted octanol–water partition coefficient (Wildman–Crippen LogP) is 2.42. The highest BCUT2D eigenvalue weighted by molar-refractivity contribution is 5.19. The average molecular weight is 219 g/mol. The third-order valence-corrected chi connectivity index (χ3v) is 2.88. The zero-order chi connectivity index (χ0) is 11.4. The molecule has 88 valence electrons. The third kappa shape index (κ3) is 3.01. The van der Waals surface area contributed by atoms with E-state index < -0.39 is 0 Å². The summed E-state index contributed by atoms with van der Waals surface area (Å²) in [6.07, 6.45) is 4.84. The van der Waals surface area contributed by atoms with Crippen LogP contribution in [-0.2, 0) is 13.0 Å². The van der Waals surface area contributed by atoms with Crippen LogP contribution in [-0.4, -0.2) is 16.5 Å². The maximum Gasteiger partial charge on any atom is 0.142 e. The van der Waals surface area contributed by atoms with E-state index >= 15 is 0 Å². The summed E-state index contributed by atoms with van der Waals surface area (Å²) in [5.74, 6) is 1.69. The van der Waals surface area contributed by atoms with Gasteiger partial charge in [0.05, 0.1) is 6.54 Å². The number of hydrogen-bond acceptors (Lipinski definition) is 3. The van der Waals surface area contributed by atoms with Gasteiger partial charge in [-0.1, -0.05) is 20.3 Å². The van der Waals surface area contributed by atoms with Gasteiger partial charge < -0.3 is 5.32 Å². The number of aryl methyl sites for hydroxylation is 1. The van der Waals surface area contributed by atoms with Gasteiger partial charge in [0.25, 0.3) is 0 Å². The van der Waals surface area contributed by atoms with Crippen LogP contribution in [0.2, 0.25) is 0 Å². The zero-order valence-electron chi connectivity index (χ0n) is 10.3. The molecule has 0 atom stereocenters. The molecule has 0 unspecified atom stereocenters. The molecule has 1 aromatic rings. The Morgan fingerprint density at radius 1 is 1.31 bits per heavy atom. The molecule has 0 aromatic carbocycles. The summed E-state index contributed by atoms with van der Waals surface area (Å²) < 4.78 is 0. The van der Waals surface area contributed by atoms with Crippen LogP contribution < -0.4 is 5.32 Å². The number of aromatic nitrogens is 2. The molecule has 1 N–H and O–H groups in total. The summed E-state index contributed by atoms with van der Waals surface area (Å²) in [5.41, 5.74) is 2.48. The lowest BCUT2D eigenvalue weighted by molar-refractivity contribution is 0.675. The molecule has 1 fully saturated rings. The number of nitrogens with one attached hydrogen (secondary N) is 1. The normalized spacial score (nSPS) is 15.4. The lowest BCUT2D eigenvalue weighted by Gasteiger charge is -2.07. The van der Waals surface area contributed by atoms with Crippen LogP contribution in [0.4, 0.5) is 0 Å². The molecule has 1 aromatic heterocycles. The second kappa shape index (κ2) is 5.39. The summed E-state index contributed by atoms with van der Waals surface area (Å²) in [7, 11) is 0. The highest BCUT2D eigenvalue weighted by atomic mass is 15.0. The Kier molecular flexibility index (Phi) is 3.88. The number of rotatable bonds is 6. The predicted molar refractivity (Wildman–Crippen MR) is 65.4 cm³/mol. The minimum absolute atomic E-state index is 0.721. The Balaban J connectivity index is 2.14. The first-order valence-corrected chi connectivity index (χ1v) is 6.41. The standard InChI is InChI=1S/C13H21N3/c1-3-5-11-8-12(10-6-7-10)16-13(15-11)9-14-4-2/h8,10,14H,3-7,9H2,1-2H3. The van der Waals surface area contributed by atoms with Crippen molar-refractivity contribution in [2.24, 2.45) is 0 Å². The van der Waals surface area contributed by atoms with E-state index in [9.17, 15) is 0 Å². The molecular weight excluding hydrogens is 198 g/mol. The van der Waals surface area contributed by atoms with Gasteiger partial charge in [-0.15, -0.1) is 0 Å². The molecule has 2 rings (SSSR count). The van der Waals surface area contributed by atoms with Crippen LogP contribution in [0.1, 0.15) is 56.2 Å². The monoisotopic (exact) mass is 219 g/mol. The molecule has 1 saturated carbocycles. The van der Waals surface area contributed by atoms with Crippen molar-refractivity contribution < 1.29 is 0 Å². The minimum atomic E-state index is 0.721. The van der Waals surface area contributed by atoms with Gasteiger partial charge in [-0.3, -0.25) is 0 Å². The lowest BCUT2D eigenvalue weighted by Crippen LogP contribution is -2.15. The van der Waals surface area contributed by atoms with Crippen LogP contribution in [0.3, 0.4) is 0 Å². The van der Waals surface area contributed by atoms with Gasteiger partial charge in [-0.2, -0.15) is 0 Å². The van der Waals surface area contributed by atoms with Gasteiger partial charge in [0.1, 0.15) is 5.82 Å². The highest BCUT2D eigenvalue weighted by Crippen LogP contribution is 2.39. The van der Waals surface area contributed by atoms with Crippen molar-refractivity contribution in [2.45, 2.75) is 52.0 Å². The van der Waals surface area contributed by atoms with Gasteiger partial charge in [0.2, 0.25) is 0 Å². The van der Waals surface area contributed by atoms with E-state index in [-0.39, 0.29) is 0 Å². The van der Waals surface area contributed by atoms with Crippen LogP contribution in [0, 0.1) is 0 Å². The van der Waals surface area contributed by atoms with E-state index in [1.165, 1.54) is 24.2 Å². The molecule has 1 heterocycles. The second-order valence-electron chi connectivity index (χ2n) is 4.50. The highest BCUT2D eigenvalue weighted by Gasteiger charge is 2.25. The Labute approximate surface area is 97.7 Å². The van der Waals surface area contributed by atoms with Gasteiger partial charge in [-0.05, 0) is 31.9 Å². The van der Waals surface area contributed by atoms with E-state index in [4.69, 9.17) is 0 Å². The quantitative estimate of drug-likeness (QED) is 0.798. The fraction of sp³-hybridized carbons (Fsp3) is 0.692. The summed E-state index contributed by atoms with van der Waals surface area (Å²) in [4.78, 5) is 9.24. The van der Waals surface area contributed by atoms with Crippen LogP contribution in [0.25, 0.3) is 0 Å². The van der Waals surface area contributed by atoms with Gasteiger partial charge in [-0.25, -0.2) is 9.97 Å². The molecule has 0 saturated heterocycles. The molecule has 0 spiro atoms. The first-order chi connectivity index (χ1) is 7.83. The van der Waals surface area contributed by atoms with Crippen molar-refractivity contribution in [3.8, 4) is 0 Å². The summed E-state index contributed by atoms with van der Waals surface area (Å²) in [5, 5.41) is 3.30. The molecule has 1 aliphatic carbocycles. The van der Waals surface area contributed by atoms with Gasteiger partial charge in [0, 0.05) is 17.3 Å². The van der Waals surface area contributed by atoms with Crippen LogP contribution in [0.5, 0.6) is 0 Å².